The molecule has 0 saturated heterocycles. The summed E-state index contributed by atoms with van der Waals surface area (Å²) in [7, 11) is 0. The average Bonchev–Trinajstić information content (AvgIpc) is 2.82. The van der Waals surface area contributed by atoms with Gasteiger partial charge < -0.3 is 0 Å². The van der Waals surface area contributed by atoms with E-state index in [1.54, 1.807) is 0 Å². The fraction of sp³-hybridized carbons (Fsp3) is 0.900. The molecule has 0 spiro atoms. The lowest BCUT2D eigenvalue weighted by Gasteiger charge is -2.58. The van der Waals surface area contributed by atoms with Crippen LogP contribution in [-0.2, 0) is 4.79 Å². The van der Waals surface area contributed by atoms with E-state index in [9.17, 15) is 10.1 Å². The molecule has 0 amide bonds. The summed E-state index contributed by atoms with van der Waals surface area (Å²) in [5, 5.41) is 9.54. The molecule has 0 radical (unpaired) electrons. The second-order valence-electron chi connectivity index (χ2n) is 9.29. The van der Waals surface area contributed by atoms with Crippen molar-refractivity contribution in [2.24, 2.45) is 40.4 Å². The Morgan fingerprint density at radius 3 is 2.50 bits per heavy atom. The lowest BCUT2D eigenvalue weighted by Crippen LogP contribution is -2.52. The first-order valence-corrected chi connectivity index (χ1v) is 9.39. The normalized spacial score (nSPS) is 54.0. The van der Waals surface area contributed by atoms with Crippen LogP contribution in [0.4, 0.5) is 0 Å². The zero-order valence-electron chi connectivity index (χ0n) is 14.1. The molecular formula is C20H29NO. The van der Waals surface area contributed by atoms with Crippen molar-refractivity contribution in [1.29, 1.82) is 5.26 Å². The zero-order chi connectivity index (χ0) is 15.5. The first-order chi connectivity index (χ1) is 10.5. The van der Waals surface area contributed by atoms with Crippen molar-refractivity contribution < 1.29 is 4.79 Å². The Hall–Kier alpha value is -0.840. The summed E-state index contributed by atoms with van der Waals surface area (Å²) in [6.07, 6.45) is 10.3. The largest absolute Gasteiger partial charge is 0.300 e. The second-order valence-corrected chi connectivity index (χ2v) is 9.29. The van der Waals surface area contributed by atoms with Crippen LogP contribution in [0.2, 0.25) is 0 Å². The standard InChI is InChI=1S/C20H29NO/c1-19-9-7-16-15(17(19)6-4-14(22)11-19)8-10-20(2)13(12-21)3-5-18(16)20/h13,15-18H,3-11H2,1-2H3/t13-,15-,16+,17+,18-,19+,20+/m0/s1. The zero-order valence-corrected chi connectivity index (χ0v) is 14.1. The Bertz CT molecular complexity index is 534. The molecule has 120 valence electrons. The minimum atomic E-state index is 0.286. The summed E-state index contributed by atoms with van der Waals surface area (Å²) in [5.74, 6) is 4.02. The molecule has 0 heterocycles. The highest BCUT2D eigenvalue weighted by Gasteiger charge is 2.59. The molecule has 0 unspecified atom stereocenters. The van der Waals surface area contributed by atoms with Crippen molar-refractivity contribution in [1.82, 2.24) is 0 Å². The van der Waals surface area contributed by atoms with Gasteiger partial charge in [0.05, 0.1) is 12.0 Å². The highest BCUT2D eigenvalue weighted by atomic mass is 16.1. The first-order valence-electron chi connectivity index (χ1n) is 9.39. The third-order valence-corrected chi connectivity index (χ3v) is 8.44. The van der Waals surface area contributed by atoms with Gasteiger partial charge in [0, 0.05) is 12.8 Å². The number of carbonyl (C=O) groups is 1. The number of fused-ring (bicyclic) bond motifs is 5. The number of nitriles is 1. The molecule has 2 heteroatoms. The molecule has 4 aliphatic carbocycles. The topological polar surface area (TPSA) is 40.9 Å². The molecule has 0 bridgehead atoms. The highest BCUT2D eigenvalue weighted by Crippen LogP contribution is 2.66. The van der Waals surface area contributed by atoms with Crippen molar-refractivity contribution in [2.45, 2.75) is 71.6 Å². The fourth-order valence-electron chi connectivity index (χ4n) is 7.28. The summed E-state index contributed by atoms with van der Waals surface area (Å²) in [6, 6.07) is 2.62. The van der Waals surface area contributed by atoms with E-state index in [1.165, 1.54) is 32.1 Å². The molecule has 2 nitrogen and oxygen atoms in total. The van der Waals surface area contributed by atoms with Crippen LogP contribution in [0.25, 0.3) is 0 Å². The predicted octanol–water partition coefficient (Wildman–Crippen LogP) is 4.74. The Labute approximate surface area is 134 Å². The fourth-order valence-corrected chi connectivity index (χ4v) is 7.28. The Kier molecular flexibility index (Phi) is 3.23. The van der Waals surface area contributed by atoms with Gasteiger partial charge in [-0.1, -0.05) is 13.8 Å². The molecule has 4 saturated carbocycles. The second kappa shape index (κ2) is 4.83. The van der Waals surface area contributed by atoms with E-state index in [-0.39, 0.29) is 10.8 Å². The van der Waals surface area contributed by atoms with Gasteiger partial charge in [-0.3, -0.25) is 4.79 Å². The van der Waals surface area contributed by atoms with Crippen molar-refractivity contribution in [3.8, 4) is 6.07 Å². The van der Waals surface area contributed by atoms with Crippen molar-refractivity contribution in [3.05, 3.63) is 0 Å². The van der Waals surface area contributed by atoms with Crippen LogP contribution >= 0.6 is 0 Å². The highest BCUT2D eigenvalue weighted by molar-refractivity contribution is 5.80. The Morgan fingerprint density at radius 2 is 1.73 bits per heavy atom. The van der Waals surface area contributed by atoms with Gasteiger partial charge in [-0.05, 0) is 79.4 Å². The minimum absolute atomic E-state index is 0.286. The summed E-state index contributed by atoms with van der Waals surface area (Å²) in [5.41, 5.74) is 0.575. The van der Waals surface area contributed by atoms with Crippen LogP contribution in [0.1, 0.15) is 71.6 Å². The molecule has 22 heavy (non-hydrogen) atoms. The van der Waals surface area contributed by atoms with Gasteiger partial charge in [0.25, 0.3) is 0 Å². The van der Waals surface area contributed by atoms with Gasteiger partial charge in [-0.15, -0.1) is 0 Å². The number of nitrogens with zero attached hydrogens (tertiary/aromatic N) is 1. The Balaban J connectivity index is 1.62. The number of hydrogen-bond acceptors (Lipinski definition) is 2. The van der Waals surface area contributed by atoms with E-state index >= 15 is 0 Å². The number of rotatable bonds is 0. The smallest absolute Gasteiger partial charge is 0.133 e. The maximum atomic E-state index is 12.0. The number of Topliss-reactive ketones (excluding diaryl/α,β-unsaturated/α-hetero) is 1. The van der Waals surface area contributed by atoms with Crippen LogP contribution in [0.5, 0.6) is 0 Å². The van der Waals surface area contributed by atoms with E-state index < -0.39 is 0 Å². The van der Waals surface area contributed by atoms with Crippen molar-refractivity contribution in [3.63, 3.8) is 0 Å². The van der Waals surface area contributed by atoms with Crippen molar-refractivity contribution in [2.75, 3.05) is 0 Å². The molecule has 0 N–H and O–H groups in total. The van der Waals surface area contributed by atoms with Gasteiger partial charge in [0.1, 0.15) is 5.78 Å². The van der Waals surface area contributed by atoms with Gasteiger partial charge >= 0.3 is 0 Å². The quantitative estimate of drug-likeness (QED) is 0.648. The number of hydrogen-bond donors (Lipinski definition) is 0. The van der Waals surface area contributed by atoms with Crippen LogP contribution < -0.4 is 0 Å². The van der Waals surface area contributed by atoms with Gasteiger partial charge in [0.2, 0.25) is 0 Å². The molecular weight excluding hydrogens is 270 g/mol. The third-order valence-electron chi connectivity index (χ3n) is 8.44. The Morgan fingerprint density at radius 1 is 1.00 bits per heavy atom. The van der Waals surface area contributed by atoms with E-state index in [4.69, 9.17) is 0 Å². The maximum Gasteiger partial charge on any atom is 0.133 e. The van der Waals surface area contributed by atoms with E-state index in [2.05, 4.69) is 19.9 Å². The lowest BCUT2D eigenvalue weighted by molar-refractivity contribution is -0.135. The van der Waals surface area contributed by atoms with E-state index in [1.807, 2.05) is 0 Å². The summed E-state index contributed by atoms with van der Waals surface area (Å²) in [4.78, 5) is 12.0. The monoisotopic (exact) mass is 299 g/mol. The molecule has 7 atom stereocenters. The summed E-state index contributed by atoms with van der Waals surface area (Å²) in [6.45, 7) is 4.80. The molecule has 0 aromatic rings. The molecule has 0 aromatic carbocycles. The van der Waals surface area contributed by atoms with E-state index in [0.29, 0.717) is 11.7 Å². The van der Waals surface area contributed by atoms with Crippen LogP contribution in [0.15, 0.2) is 0 Å². The molecule has 0 aliphatic heterocycles. The summed E-state index contributed by atoms with van der Waals surface area (Å²) >= 11 is 0. The van der Waals surface area contributed by atoms with Crippen LogP contribution in [-0.4, -0.2) is 5.78 Å². The van der Waals surface area contributed by atoms with Crippen LogP contribution in [0.3, 0.4) is 0 Å². The van der Waals surface area contributed by atoms with Gasteiger partial charge in [-0.2, -0.15) is 5.26 Å². The number of carbonyl (C=O) groups excluding carboxylic acids is 1. The first kappa shape index (κ1) is 14.7. The van der Waals surface area contributed by atoms with Crippen LogP contribution in [0, 0.1) is 51.8 Å². The predicted molar refractivity (Wildman–Crippen MR) is 85.8 cm³/mol. The molecule has 4 fully saturated rings. The molecule has 4 aliphatic rings. The molecule has 0 aromatic heterocycles. The summed E-state index contributed by atoms with van der Waals surface area (Å²) < 4.78 is 0. The van der Waals surface area contributed by atoms with Crippen molar-refractivity contribution >= 4 is 5.78 Å². The number of ketones is 1. The third kappa shape index (κ3) is 1.87. The van der Waals surface area contributed by atoms with Gasteiger partial charge in [0.15, 0.2) is 0 Å². The lowest BCUT2D eigenvalue weighted by atomic mass is 9.46. The minimum Gasteiger partial charge on any atom is -0.300 e. The SMILES string of the molecule is C[C@]12CC[C@@H]3[C@H](CC[C@]4(C)[C@H](C#N)CC[C@@H]34)[C@H]1CCC(=O)C2. The van der Waals surface area contributed by atoms with Gasteiger partial charge in [-0.25, -0.2) is 0 Å². The van der Waals surface area contributed by atoms with E-state index in [0.717, 1.165) is 49.4 Å². The molecule has 4 rings (SSSR count). The maximum absolute atomic E-state index is 12.0. The average molecular weight is 299 g/mol.